The summed E-state index contributed by atoms with van der Waals surface area (Å²) in [7, 11) is 0.778. The van der Waals surface area contributed by atoms with Gasteiger partial charge >= 0.3 is 167 Å². The molecule has 0 bridgehead atoms. The number of nitrogens with zero attached hydrogens (tertiary/aromatic N) is 1. The van der Waals surface area contributed by atoms with E-state index in [9.17, 15) is 8.42 Å². The van der Waals surface area contributed by atoms with Crippen LogP contribution < -0.4 is 4.90 Å². The van der Waals surface area contributed by atoms with Gasteiger partial charge in [-0.3, -0.25) is 0 Å². The third-order valence-electron chi connectivity index (χ3n) is 5.39. The molecule has 0 aliphatic rings. The normalized spacial score (nSPS) is 12.3. The van der Waals surface area contributed by atoms with Gasteiger partial charge in [-0.2, -0.15) is 0 Å². The van der Waals surface area contributed by atoms with Crippen LogP contribution >= 0.6 is 0 Å². The van der Waals surface area contributed by atoms with Gasteiger partial charge in [0.15, 0.2) is 0 Å². The number of benzene rings is 1. The Labute approximate surface area is 166 Å². The Morgan fingerprint density at radius 3 is 1.58 bits per heavy atom. The van der Waals surface area contributed by atoms with Crippen molar-refractivity contribution in [2.24, 2.45) is 0 Å². The molecule has 1 aromatic carbocycles. The Morgan fingerprint density at radius 1 is 0.808 bits per heavy atom. The Bertz CT molecular complexity index is 590. The van der Waals surface area contributed by atoms with Crippen molar-refractivity contribution in [1.82, 2.24) is 0 Å². The number of sulfone groups is 1. The van der Waals surface area contributed by atoms with Crippen molar-refractivity contribution >= 4 is 33.9 Å². The van der Waals surface area contributed by atoms with E-state index in [0.29, 0.717) is 8.66 Å². The minimum absolute atomic E-state index is 0.503. The van der Waals surface area contributed by atoms with E-state index in [1.165, 1.54) is 51.8 Å². The van der Waals surface area contributed by atoms with E-state index >= 15 is 0 Å². The molecule has 5 heteroatoms. The quantitative estimate of drug-likeness (QED) is 0.324. The van der Waals surface area contributed by atoms with Gasteiger partial charge in [-0.05, 0) is 0 Å². The molecule has 0 aliphatic carbocycles. The zero-order chi connectivity index (χ0) is 19.6. The van der Waals surface area contributed by atoms with E-state index in [2.05, 4.69) is 20.8 Å². The zero-order valence-corrected chi connectivity index (χ0v) is 21.2. The van der Waals surface area contributed by atoms with Crippen molar-refractivity contribution < 1.29 is 8.42 Å². The fourth-order valence-electron chi connectivity index (χ4n) is 3.68. The Morgan fingerprint density at radius 2 is 1.23 bits per heavy atom. The predicted octanol–water partition coefficient (Wildman–Crippen LogP) is 5.91. The molecule has 1 rings (SSSR count). The van der Waals surface area contributed by atoms with Crippen molar-refractivity contribution in [3.05, 3.63) is 24.3 Å². The molecule has 26 heavy (non-hydrogen) atoms. The maximum atomic E-state index is 13.3. The fourth-order valence-corrected chi connectivity index (χ4v) is 29.3. The Balaban J connectivity index is 3.10. The summed E-state index contributed by atoms with van der Waals surface area (Å²) in [4.78, 5) is 2.53. The minimum atomic E-state index is -3.18. The van der Waals surface area contributed by atoms with Gasteiger partial charge < -0.3 is 0 Å². The topological polar surface area (TPSA) is 37.4 Å². The van der Waals surface area contributed by atoms with Crippen LogP contribution in [0, 0.1) is 0 Å². The van der Waals surface area contributed by atoms with Crippen LogP contribution in [0.25, 0.3) is 0 Å². The first-order valence-electron chi connectivity index (χ1n) is 10.3. The fraction of sp³-hybridized carbons (Fsp3) is 0.714. The van der Waals surface area contributed by atoms with Crippen molar-refractivity contribution in [2.75, 3.05) is 22.8 Å². The van der Waals surface area contributed by atoms with Crippen LogP contribution in [0.4, 0.5) is 5.69 Å². The van der Waals surface area contributed by atoms with Gasteiger partial charge in [-0.25, -0.2) is 0 Å². The van der Waals surface area contributed by atoms with Crippen LogP contribution in [0.15, 0.2) is 29.2 Å². The van der Waals surface area contributed by atoms with Crippen molar-refractivity contribution in [3.8, 4) is 0 Å². The second kappa shape index (κ2) is 11.6. The van der Waals surface area contributed by atoms with Crippen LogP contribution in [-0.2, 0) is 9.84 Å². The van der Waals surface area contributed by atoms with Crippen molar-refractivity contribution in [3.63, 3.8) is 0 Å². The van der Waals surface area contributed by atoms with Gasteiger partial charge in [0, 0.05) is 0 Å². The molecule has 0 unspecified atom stereocenters. The first kappa shape index (κ1) is 23.8. The van der Waals surface area contributed by atoms with Crippen LogP contribution in [0.5, 0.6) is 0 Å². The van der Waals surface area contributed by atoms with E-state index < -0.39 is 28.2 Å². The zero-order valence-electron chi connectivity index (χ0n) is 17.6. The molecule has 0 atom stereocenters. The summed E-state index contributed by atoms with van der Waals surface area (Å²) >= 11 is -2.70. The summed E-state index contributed by atoms with van der Waals surface area (Å²) in [6.45, 7) is 6.68. The molecule has 0 radical (unpaired) electrons. The van der Waals surface area contributed by atoms with E-state index in [0.717, 1.165) is 5.69 Å². The second-order valence-corrected chi connectivity index (χ2v) is 25.3. The molecular weight excluding hydrogens is 449 g/mol. The van der Waals surface area contributed by atoms with Crippen LogP contribution in [0.1, 0.15) is 59.3 Å². The predicted molar refractivity (Wildman–Crippen MR) is 118 cm³/mol. The molecule has 3 nitrogen and oxygen atoms in total. The first-order chi connectivity index (χ1) is 12.3. The third-order valence-corrected chi connectivity index (χ3v) is 28.0. The summed E-state index contributed by atoms with van der Waals surface area (Å²) < 4.78 is 30.7. The Kier molecular flexibility index (Phi) is 10.6. The summed E-state index contributed by atoms with van der Waals surface area (Å²) in [5.74, 6) is 0. The molecule has 0 amide bonds. The van der Waals surface area contributed by atoms with Gasteiger partial charge in [0.2, 0.25) is 0 Å². The molecule has 0 heterocycles. The van der Waals surface area contributed by atoms with Gasteiger partial charge in [-0.15, -0.1) is 0 Å². The molecule has 0 aromatic heterocycles. The van der Waals surface area contributed by atoms with Crippen LogP contribution in [0.2, 0.25) is 13.3 Å². The van der Waals surface area contributed by atoms with Crippen molar-refractivity contribution in [2.45, 2.75) is 77.5 Å². The summed E-state index contributed by atoms with van der Waals surface area (Å²) in [5.41, 5.74) is 1.04. The standard InChI is InChI=1S/C9H12NO2S.3C4H9.Sn/c1-10(2)8-4-6-9(7-5-8)13(3,11)12;3*1-3-4-2;/h4-7H,3H2,1-2H3;3*1,3-4H2,2H3;. The molecule has 0 spiro atoms. The average Bonchev–Trinajstić information content (AvgIpc) is 2.62. The number of anilines is 1. The monoisotopic (exact) mass is 489 g/mol. The van der Waals surface area contributed by atoms with Gasteiger partial charge in [0.05, 0.1) is 0 Å². The molecule has 0 saturated heterocycles. The van der Waals surface area contributed by atoms with E-state index in [1.54, 1.807) is 12.1 Å². The summed E-state index contributed by atoms with van der Waals surface area (Å²) in [6, 6.07) is 7.46. The molecule has 0 N–H and O–H groups in total. The molecule has 0 saturated carbocycles. The van der Waals surface area contributed by atoms with Crippen molar-refractivity contribution in [1.29, 1.82) is 0 Å². The Hall–Kier alpha value is -0.231. The van der Waals surface area contributed by atoms with E-state index in [1.807, 2.05) is 31.1 Å². The number of hydrogen-bond acceptors (Lipinski definition) is 3. The van der Waals surface area contributed by atoms with E-state index in [-0.39, 0.29) is 0 Å². The maximum absolute atomic E-state index is 13.3. The van der Waals surface area contributed by atoms with Crippen LogP contribution in [0.3, 0.4) is 0 Å². The van der Waals surface area contributed by atoms with Gasteiger partial charge in [0.25, 0.3) is 0 Å². The molecular formula is C21H39NO2SSn. The van der Waals surface area contributed by atoms with Gasteiger partial charge in [-0.1, -0.05) is 0 Å². The molecule has 1 aromatic rings. The van der Waals surface area contributed by atoms with Crippen LogP contribution in [-0.4, -0.2) is 44.7 Å². The first-order valence-corrected chi connectivity index (χ1v) is 20.0. The molecule has 150 valence electrons. The number of hydrogen-bond donors (Lipinski definition) is 0. The SMILES string of the molecule is CCC[CH2][Sn]([CH2]CCC)([CH2]CCC)[CH2]S(=O)(=O)c1ccc(N(C)C)cc1. The summed E-state index contributed by atoms with van der Waals surface area (Å²) in [5, 5.41) is 0. The summed E-state index contributed by atoms with van der Waals surface area (Å²) in [6.07, 6.45) is 7.15. The molecule has 0 fully saturated rings. The number of unbranched alkanes of at least 4 members (excludes halogenated alkanes) is 3. The number of rotatable bonds is 13. The van der Waals surface area contributed by atoms with Gasteiger partial charge in [0.1, 0.15) is 0 Å². The second-order valence-electron chi connectivity index (χ2n) is 7.96. The average molecular weight is 488 g/mol. The van der Waals surface area contributed by atoms with E-state index in [4.69, 9.17) is 0 Å². The molecule has 0 aliphatic heterocycles. The third kappa shape index (κ3) is 7.41.